The molecule has 2 heterocycles. The summed E-state index contributed by atoms with van der Waals surface area (Å²) in [6, 6.07) is 29.1. The second kappa shape index (κ2) is 12.1. The maximum atomic E-state index is 14.5. The highest BCUT2D eigenvalue weighted by Crippen LogP contribution is 2.61. The first-order chi connectivity index (χ1) is 23.7. The summed E-state index contributed by atoms with van der Waals surface area (Å²) in [5.41, 5.74) is 4.15. The number of carbonyl (C=O) groups is 5. The van der Waals surface area contributed by atoms with E-state index in [4.69, 9.17) is 27.9 Å². The highest BCUT2D eigenvalue weighted by molar-refractivity contribution is 7.12. The highest BCUT2D eigenvalue weighted by atomic mass is 35.5. The molecule has 0 unspecified atom stereocenters. The van der Waals surface area contributed by atoms with Gasteiger partial charge in [0.2, 0.25) is 0 Å². The lowest BCUT2D eigenvalue weighted by Gasteiger charge is -2.45. The smallest absolute Gasteiger partial charge is 0.353 e. The number of amides is 3. The van der Waals surface area contributed by atoms with E-state index in [9.17, 15) is 24.0 Å². The van der Waals surface area contributed by atoms with Crippen LogP contribution in [0.2, 0.25) is 10.0 Å². The minimum Gasteiger partial charge on any atom is -0.422 e. The zero-order chi connectivity index (χ0) is 34.0. The number of Topliss-reactive ketones (excluding diaryl/α,β-unsaturated/α-hetero) is 1. The summed E-state index contributed by atoms with van der Waals surface area (Å²) in [5, 5.41) is 3.86. The van der Waals surface area contributed by atoms with E-state index < -0.39 is 59.7 Å². The lowest BCUT2D eigenvalue weighted by Crippen LogP contribution is -2.52. The standard InChI is InChI=1S/C38H24Cl2N2O6S/c39-27-16-13-21(18-28(27)40)35(44)41(19-29(43)20-11-14-22(15-12-20)48-38(47)30-10-5-17-49-30)42-36(45)33-31-23-6-1-2-7-24(23)32(34(33)37(42)46)26-9-4-3-8-25(26)31/h1-18,31-34H,19H2/t31?,32?,33-,34+. The van der Waals surface area contributed by atoms with Crippen LogP contribution in [0.1, 0.15) is 64.5 Å². The molecule has 3 aliphatic carbocycles. The maximum absolute atomic E-state index is 14.5. The molecule has 1 aliphatic heterocycles. The van der Waals surface area contributed by atoms with Gasteiger partial charge in [-0.25, -0.2) is 9.80 Å². The van der Waals surface area contributed by atoms with Crippen LogP contribution in [0.4, 0.5) is 0 Å². The van der Waals surface area contributed by atoms with Crippen molar-refractivity contribution in [2.45, 2.75) is 11.8 Å². The zero-order valence-corrected chi connectivity index (χ0v) is 27.7. The van der Waals surface area contributed by atoms with Gasteiger partial charge in [-0.3, -0.25) is 19.2 Å². The molecule has 242 valence electrons. The number of imide groups is 1. The summed E-state index contributed by atoms with van der Waals surface area (Å²) in [4.78, 5) is 69.9. The predicted molar refractivity (Wildman–Crippen MR) is 183 cm³/mol. The van der Waals surface area contributed by atoms with Crippen molar-refractivity contribution >= 4 is 64.0 Å². The molecule has 2 atom stereocenters. The minimum atomic E-state index is -0.767. The van der Waals surface area contributed by atoms with Crippen LogP contribution in [-0.2, 0) is 9.59 Å². The number of hydrazine groups is 1. The fourth-order valence-corrected chi connectivity index (χ4v) is 8.30. The van der Waals surface area contributed by atoms with E-state index in [2.05, 4.69) is 0 Å². The van der Waals surface area contributed by atoms with Gasteiger partial charge in [-0.2, -0.15) is 5.01 Å². The average molecular weight is 708 g/mol. The van der Waals surface area contributed by atoms with Gasteiger partial charge in [0.25, 0.3) is 17.7 Å². The fourth-order valence-electron chi connectivity index (χ4n) is 7.40. The first-order valence-corrected chi connectivity index (χ1v) is 17.1. The first-order valence-electron chi connectivity index (χ1n) is 15.4. The number of ketones is 1. The molecule has 3 amide bonds. The molecule has 5 aromatic rings. The SMILES string of the molecule is O=C(CN(C(=O)c1ccc(Cl)c(Cl)c1)N1C(=O)[C@@H]2C3c4ccccc4C(c4ccccc43)[C@@H]2C1=O)c1ccc(OC(=O)c2cccs2)cc1. The van der Waals surface area contributed by atoms with E-state index in [-0.39, 0.29) is 26.9 Å². The largest absolute Gasteiger partial charge is 0.422 e. The number of thiophene rings is 1. The fraction of sp³-hybridized carbons (Fsp3) is 0.132. The molecule has 8 nitrogen and oxygen atoms in total. The van der Waals surface area contributed by atoms with Gasteiger partial charge in [0.1, 0.15) is 17.2 Å². The van der Waals surface area contributed by atoms with Crippen molar-refractivity contribution in [2.75, 3.05) is 6.54 Å². The highest BCUT2D eigenvalue weighted by Gasteiger charge is 2.63. The van der Waals surface area contributed by atoms with Crippen LogP contribution in [-0.4, -0.2) is 46.0 Å². The summed E-state index contributed by atoms with van der Waals surface area (Å²) >= 11 is 13.6. The number of hydrogen-bond donors (Lipinski definition) is 0. The average Bonchev–Trinajstić information content (AvgIpc) is 3.76. The second-order valence-electron chi connectivity index (χ2n) is 12.1. The topological polar surface area (TPSA) is 101 Å². The van der Waals surface area contributed by atoms with E-state index in [0.29, 0.717) is 4.88 Å². The van der Waals surface area contributed by atoms with Crippen molar-refractivity contribution in [3.05, 3.63) is 157 Å². The number of hydrogen-bond acceptors (Lipinski definition) is 7. The maximum Gasteiger partial charge on any atom is 0.353 e. The van der Waals surface area contributed by atoms with Crippen molar-refractivity contribution in [3.8, 4) is 5.75 Å². The van der Waals surface area contributed by atoms with Crippen LogP contribution in [0.5, 0.6) is 5.75 Å². The van der Waals surface area contributed by atoms with Crippen molar-refractivity contribution in [2.24, 2.45) is 11.8 Å². The molecular weight excluding hydrogens is 683 g/mol. The lowest BCUT2D eigenvalue weighted by molar-refractivity contribution is -0.154. The van der Waals surface area contributed by atoms with Crippen LogP contribution < -0.4 is 4.74 Å². The summed E-state index contributed by atoms with van der Waals surface area (Å²) in [6.45, 7) is -0.625. The first kappa shape index (κ1) is 31.2. The van der Waals surface area contributed by atoms with Crippen molar-refractivity contribution in [1.82, 2.24) is 10.0 Å². The quantitative estimate of drug-likeness (QED) is 0.0757. The van der Waals surface area contributed by atoms with E-state index in [0.717, 1.165) is 32.3 Å². The molecule has 0 N–H and O–H groups in total. The van der Waals surface area contributed by atoms with E-state index in [1.807, 2.05) is 48.5 Å². The second-order valence-corrected chi connectivity index (χ2v) is 13.8. The third kappa shape index (κ3) is 5.08. The number of benzene rings is 4. The van der Waals surface area contributed by atoms with Crippen LogP contribution in [0, 0.1) is 11.8 Å². The predicted octanol–water partition coefficient (Wildman–Crippen LogP) is 7.41. The number of nitrogens with zero attached hydrogens (tertiary/aromatic N) is 2. The van der Waals surface area contributed by atoms with Crippen molar-refractivity contribution in [3.63, 3.8) is 0 Å². The van der Waals surface area contributed by atoms with E-state index >= 15 is 0 Å². The minimum absolute atomic E-state index is 0.0445. The number of rotatable bonds is 7. The number of carbonyl (C=O) groups excluding carboxylic acids is 5. The van der Waals surface area contributed by atoms with Crippen LogP contribution in [0.15, 0.2) is 109 Å². The number of ether oxygens (including phenoxy) is 1. The summed E-state index contributed by atoms with van der Waals surface area (Å²) in [6.07, 6.45) is 0. The molecule has 1 saturated heterocycles. The van der Waals surface area contributed by atoms with Gasteiger partial charge in [0.05, 0.1) is 21.9 Å². The van der Waals surface area contributed by atoms with Crippen LogP contribution >= 0.6 is 34.5 Å². The Morgan fingerprint density at radius 3 is 1.76 bits per heavy atom. The Morgan fingerprint density at radius 1 is 0.694 bits per heavy atom. The Morgan fingerprint density at radius 2 is 1.24 bits per heavy atom. The normalized spacial score (nSPS) is 20.0. The van der Waals surface area contributed by atoms with E-state index in [1.165, 1.54) is 53.8 Å². The van der Waals surface area contributed by atoms with Crippen LogP contribution in [0.25, 0.3) is 0 Å². The lowest BCUT2D eigenvalue weighted by atomic mass is 9.55. The Labute approximate surface area is 294 Å². The number of esters is 1. The Hall–Kier alpha value is -5.09. The van der Waals surface area contributed by atoms with Crippen LogP contribution in [0.3, 0.4) is 0 Å². The third-order valence-corrected chi connectivity index (χ3v) is 11.1. The molecular formula is C38H24Cl2N2O6S. The molecule has 4 aromatic carbocycles. The molecule has 0 radical (unpaired) electrons. The van der Waals surface area contributed by atoms with Gasteiger partial charge < -0.3 is 4.74 Å². The molecule has 9 rings (SSSR count). The molecule has 1 aromatic heterocycles. The van der Waals surface area contributed by atoms with Gasteiger partial charge in [-0.05, 0) is 76.2 Å². The van der Waals surface area contributed by atoms with Gasteiger partial charge in [-0.15, -0.1) is 11.3 Å². The zero-order valence-electron chi connectivity index (χ0n) is 25.4. The van der Waals surface area contributed by atoms with Gasteiger partial charge in [-0.1, -0.05) is 77.8 Å². The Balaban J connectivity index is 1.14. The van der Waals surface area contributed by atoms with Gasteiger partial charge in [0, 0.05) is 23.0 Å². The Kier molecular flexibility index (Phi) is 7.71. The summed E-state index contributed by atoms with van der Waals surface area (Å²) < 4.78 is 5.41. The molecule has 0 saturated carbocycles. The summed E-state index contributed by atoms with van der Waals surface area (Å²) in [5.74, 6) is -5.04. The van der Waals surface area contributed by atoms with Crippen molar-refractivity contribution < 1.29 is 28.7 Å². The molecule has 49 heavy (non-hydrogen) atoms. The molecule has 4 aliphatic rings. The third-order valence-electron chi connectivity index (χ3n) is 9.47. The Bertz CT molecular complexity index is 2090. The molecule has 1 fully saturated rings. The number of halogens is 2. The van der Waals surface area contributed by atoms with Crippen molar-refractivity contribution in [1.29, 1.82) is 0 Å². The van der Waals surface area contributed by atoms with Gasteiger partial charge >= 0.3 is 5.97 Å². The molecule has 2 bridgehead atoms. The monoisotopic (exact) mass is 706 g/mol. The van der Waals surface area contributed by atoms with Gasteiger partial charge in [0.15, 0.2) is 5.78 Å². The molecule has 11 heteroatoms. The van der Waals surface area contributed by atoms with E-state index in [1.54, 1.807) is 17.5 Å². The summed E-state index contributed by atoms with van der Waals surface area (Å²) in [7, 11) is 0. The molecule has 0 spiro atoms.